The Morgan fingerprint density at radius 2 is 2.33 bits per heavy atom. The number of hydrogen-bond acceptors (Lipinski definition) is 5. The Bertz CT molecular complexity index is 280. The first kappa shape index (κ1) is 15.1. The van der Waals surface area contributed by atoms with Crippen molar-refractivity contribution in [1.82, 2.24) is 20.3 Å². The van der Waals surface area contributed by atoms with Gasteiger partial charge in [-0.15, -0.1) is 5.10 Å². The quantitative estimate of drug-likeness (QED) is 0.562. The second kappa shape index (κ2) is 9.99. The van der Waals surface area contributed by atoms with Crippen molar-refractivity contribution in [3.63, 3.8) is 0 Å². The summed E-state index contributed by atoms with van der Waals surface area (Å²) in [5.41, 5.74) is 0. The van der Waals surface area contributed by atoms with Crippen LogP contribution in [0.3, 0.4) is 0 Å². The van der Waals surface area contributed by atoms with Crippen molar-refractivity contribution in [2.24, 2.45) is 0 Å². The molecule has 1 atom stereocenters. The number of hydrogen-bond donors (Lipinski definition) is 2. The third-order valence-electron chi connectivity index (χ3n) is 2.55. The van der Waals surface area contributed by atoms with E-state index in [1.54, 1.807) is 10.9 Å². The van der Waals surface area contributed by atoms with Crippen LogP contribution in [0.15, 0.2) is 12.4 Å². The van der Waals surface area contributed by atoms with Crippen LogP contribution < -0.4 is 5.32 Å². The highest BCUT2D eigenvalue weighted by Gasteiger charge is 2.03. The summed E-state index contributed by atoms with van der Waals surface area (Å²) in [6, 6.07) is 0. The number of aryl methyl sites for hydroxylation is 1. The summed E-state index contributed by atoms with van der Waals surface area (Å²) < 4.78 is 7.14. The lowest BCUT2D eigenvalue weighted by Crippen LogP contribution is -2.31. The summed E-state index contributed by atoms with van der Waals surface area (Å²) in [6.07, 6.45) is 6.23. The Balaban J connectivity index is 1.87. The minimum absolute atomic E-state index is 0.413. The second-order valence-corrected chi connectivity index (χ2v) is 4.31. The molecule has 1 aromatic rings. The Hall–Kier alpha value is -0.980. The third-order valence-corrected chi connectivity index (χ3v) is 2.55. The lowest BCUT2D eigenvalue weighted by Gasteiger charge is -2.12. The van der Waals surface area contributed by atoms with Crippen LogP contribution in [-0.4, -0.2) is 52.5 Å². The number of nitrogens with zero attached hydrogens (tertiary/aromatic N) is 3. The molecule has 0 spiro atoms. The number of aliphatic hydroxyl groups is 1. The SMILES string of the molecule is CCCCOCC(O)CNCCCn1ccnn1. The Kier molecular flexibility index (Phi) is 8.37. The lowest BCUT2D eigenvalue weighted by molar-refractivity contribution is 0.0359. The number of aliphatic hydroxyl groups excluding tert-OH is 1. The molecular formula is C12H24N4O2. The minimum atomic E-state index is -0.423. The maximum absolute atomic E-state index is 9.62. The maximum atomic E-state index is 9.62. The van der Waals surface area contributed by atoms with E-state index in [1.165, 1.54) is 0 Å². The molecule has 0 fully saturated rings. The predicted molar refractivity (Wildman–Crippen MR) is 69.2 cm³/mol. The van der Waals surface area contributed by atoms with E-state index in [0.29, 0.717) is 13.2 Å². The van der Waals surface area contributed by atoms with E-state index in [-0.39, 0.29) is 0 Å². The molecule has 1 rings (SSSR count). The number of rotatable bonds is 11. The molecule has 0 aliphatic heterocycles. The molecular weight excluding hydrogens is 232 g/mol. The zero-order valence-corrected chi connectivity index (χ0v) is 11.1. The van der Waals surface area contributed by atoms with Gasteiger partial charge >= 0.3 is 0 Å². The van der Waals surface area contributed by atoms with Crippen LogP contribution in [0.1, 0.15) is 26.2 Å². The van der Waals surface area contributed by atoms with Crippen molar-refractivity contribution in [2.75, 3.05) is 26.3 Å². The minimum Gasteiger partial charge on any atom is -0.389 e. The lowest BCUT2D eigenvalue weighted by atomic mass is 10.3. The first-order valence-corrected chi connectivity index (χ1v) is 6.63. The van der Waals surface area contributed by atoms with E-state index in [0.717, 1.165) is 39.0 Å². The third kappa shape index (κ3) is 7.37. The van der Waals surface area contributed by atoms with Gasteiger partial charge in [-0.2, -0.15) is 0 Å². The number of unbranched alkanes of at least 4 members (excludes halogenated alkanes) is 1. The van der Waals surface area contributed by atoms with Crippen molar-refractivity contribution in [3.05, 3.63) is 12.4 Å². The molecule has 0 aliphatic rings. The van der Waals surface area contributed by atoms with Crippen molar-refractivity contribution < 1.29 is 9.84 Å². The van der Waals surface area contributed by atoms with Gasteiger partial charge in [0.1, 0.15) is 0 Å². The average molecular weight is 256 g/mol. The average Bonchev–Trinajstić information content (AvgIpc) is 2.87. The van der Waals surface area contributed by atoms with Crippen LogP contribution in [0.25, 0.3) is 0 Å². The van der Waals surface area contributed by atoms with E-state index in [2.05, 4.69) is 22.6 Å². The van der Waals surface area contributed by atoms with Crippen LogP contribution in [0.5, 0.6) is 0 Å². The van der Waals surface area contributed by atoms with Gasteiger partial charge in [-0.25, -0.2) is 0 Å². The summed E-state index contributed by atoms with van der Waals surface area (Å²) in [5.74, 6) is 0. The molecule has 0 saturated heterocycles. The fraction of sp³-hybridized carbons (Fsp3) is 0.833. The van der Waals surface area contributed by atoms with Crippen molar-refractivity contribution >= 4 is 0 Å². The van der Waals surface area contributed by atoms with Gasteiger partial charge < -0.3 is 15.2 Å². The monoisotopic (exact) mass is 256 g/mol. The number of nitrogens with one attached hydrogen (secondary N) is 1. The maximum Gasteiger partial charge on any atom is 0.0897 e. The fourth-order valence-corrected chi connectivity index (χ4v) is 1.51. The van der Waals surface area contributed by atoms with Gasteiger partial charge in [0, 0.05) is 25.9 Å². The van der Waals surface area contributed by atoms with E-state index < -0.39 is 6.10 Å². The molecule has 0 bridgehead atoms. The van der Waals surface area contributed by atoms with Crippen LogP contribution >= 0.6 is 0 Å². The molecule has 104 valence electrons. The molecule has 1 aromatic heterocycles. The predicted octanol–water partition coefficient (Wildman–Crippen LogP) is 0.435. The summed E-state index contributed by atoms with van der Waals surface area (Å²) in [4.78, 5) is 0. The summed E-state index contributed by atoms with van der Waals surface area (Å²) in [7, 11) is 0. The smallest absolute Gasteiger partial charge is 0.0897 e. The van der Waals surface area contributed by atoms with E-state index in [4.69, 9.17) is 4.74 Å². The standard InChI is InChI=1S/C12H24N4O2/c1-2-3-9-18-11-12(17)10-13-5-4-7-16-8-6-14-15-16/h6,8,12-13,17H,2-5,7,9-11H2,1H3. The zero-order chi connectivity index (χ0) is 13.1. The molecule has 0 saturated carbocycles. The van der Waals surface area contributed by atoms with E-state index in [9.17, 15) is 5.11 Å². The molecule has 0 aromatic carbocycles. The Labute approximate surface area is 108 Å². The first-order chi connectivity index (χ1) is 8.83. The van der Waals surface area contributed by atoms with Crippen LogP contribution in [-0.2, 0) is 11.3 Å². The Morgan fingerprint density at radius 3 is 3.06 bits per heavy atom. The molecule has 2 N–H and O–H groups in total. The molecule has 0 amide bonds. The van der Waals surface area contributed by atoms with Gasteiger partial charge in [0.05, 0.1) is 18.9 Å². The van der Waals surface area contributed by atoms with Crippen molar-refractivity contribution in [1.29, 1.82) is 0 Å². The summed E-state index contributed by atoms with van der Waals surface area (Å²) >= 11 is 0. The topological polar surface area (TPSA) is 72.2 Å². The van der Waals surface area contributed by atoms with Crippen molar-refractivity contribution in [3.8, 4) is 0 Å². The van der Waals surface area contributed by atoms with Gasteiger partial charge in [0.25, 0.3) is 0 Å². The first-order valence-electron chi connectivity index (χ1n) is 6.63. The molecule has 1 heterocycles. The molecule has 0 aliphatic carbocycles. The van der Waals surface area contributed by atoms with Gasteiger partial charge in [-0.3, -0.25) is 4.68 Å². The van der Waals surface area contributed by atoms with Crippen LogP contribution in [0, 0.1) is 0 Å². The highest BCUT2D eigenvalue weighted by molar-refractivity contribution is 4.64. The largest absolute Gasteiger partial charge is 0.389 e. The van der Waals surface area contributed by atoms with Crippen LogP contribution in [0.4, 0.5) is 0 Å². The van der Waals surface area contributed by atoms with Gasteiger partial charge in [0.2, 0.25) is 0 Å². The molecule has 0 radical (unpaired) electrons. The van der Waals surface area contributed by atoms with Crippen LogP contribution in [0.2, 0.25) is 0 Å². The fourth-order valence-electron chi connectivity index (χ4n) is 1.51. The molecule has 1 unspecified atom stereocenters. The van der Waals surface area contributed by atoms with Gasteiger partial charge in [-0.05, 0) is 19.4 Å². The zero-order valence-electron chi connectivity index (χ0n) is 11.1. The second-order valence-electron chi connectivity index (χ2n) is 4.31. The normalized spacial score (nSPS) is 12.8. The van der Waals surface area contributed by atoms with Gasteiger partial charge in [-0.1, -0.05) is 18.6 Å². The van der Waals surface area contributed by atoms with Gasteiger partial charge in [0.15, 0.2) is 0 Å². The highest BCUT2D eigenvalue weighted by atomic mass is 16.5. The van der Waals surface area contributed by atoms with E-state index in [1.807, 2.05) is 6.20 Å². The van der Waals surface area contributed by atoms with Crippen molar-refractivity contribution in [2.45, 2.75) is 38.8 Å². The molecule has 18 heavy (non-hydrogen) atoms. The molecule has 6 nitrogen and oxygen atoms in total. The highest BCUT2D eigenvalue weighted by Crippen LogP contribution is 1.91. The summed E-state index contributed by atoms with van der Waals surface area (Å²) in [6.45, 7) is 5.54. The Morgan fingerprint density at radius 1 is 1.44 bits per heavy atom. The molecule has 6 heteroatoms. The summed E-state index contributed by atoms with van der Waals surface area (Å²) in [5, 5.41) is 20.4. The van der Waals surface area contributed by atoms with E-state index >= 15 is 0 Å². The number of aromatic nitrogens is 3. The number of ether oxygens (including phenoxy) is 1.